The number of aromatic nitrogens is 2. The quantitative estimate of drug-likeness (QED) is 0.787. The van der Waals surface area contributed by atoms with E-state index in [1.807, 2.05) is 0 Å². The van der Waals surface area contributed by atoms with Gasteiger partial charge in [-0.25, -0.2) is 13.8 Å². The van der Waals surface area contributed by atoms with Crippen LogP contribution in [0.5, 0.6) is 0 Å². The molecule has 0 aromatic carbocycles. The Kier molecular flexibility index (Phi) is 3.15. The zero-order valence-electron chi connectivity index (χ0n) is 8.87. The number of rotatable bonds is 3. The van der Waals surface area contributed by atoms with Gasteiger partial charge in [-0.15, -0.1) is 3.89 Å². The lowest BCUT2D eigenvalue weighted by Crippen LogP contribution is -2.14. The summed E-state index contributed by atoms with van der Waals surface area (Å²) in [6.45, 7) is 0.417. The fraction of sp³-hybridized carbons (Fsp3) is 0.667. The number of hydrogen-bond acceptors (Lipinski definition) is 3. The van der Waals surface area contributed by atoms with Crippen LogP contribution in [0.4, 0.5) is 12.7 Å². The van der Waals surface area contributed by atoms with Crippen molar-refractivity contribution < 1.29 is 21.1 Å². The van der Waals surface area contributed by atoms with Crippen molar-refractivity contribution in [3.8, 4) is 0 Å². The maximum Gasteiger partial charge on any atom is 0.308 e. The topological polar surface area (TPSA) is 52.0 Å². The lowest BCUT2D eigenvalue weighted by Gasteiger charge is -2.15. The maximum atomic E-state index is 12.7. The van der Waals surface area contributed by atoms with Gasteiger partial charge in [0.25, 0.3) is 6.43 Å². The molecule has 0 fully saturated rings. The first-order chi connectivity index (χ1) is 7.88. The highest BCUT2D eigenvalue weighted by atomic mass is 32.3. The van der Waals surface area contributed by atoms with Gasteiger partial charge >= 0.3 is 10.2 Å². The highest BCUT2D eigenvalue weighted by Crippen LogP contribution is 2.28. The third-order valence-corrected chi connectivity index (χ3v) is 3.35. The molecule has 8 heteroatoms. The van der Waals surface area contributed by atoms with Gasteiger partial charge in [0.15, 0.2) is 0 Å². The Morgan fingerprint density at radius 3 is 2.65 bits per heavy atom. The van der Waals surface area contributed by atoms with E-state index in [0.717, 1.165) is 12.8 Å². The average molecular weight is 268 g/mol. The summed E-state index contributed by atoms with van der Waals surface area (Å²) >= 11 is 0. The number of nitrogens with zero attached hydrogens (tertiary/aromatic N) is 2. The molecule has 0 bridgehead atoms. The zero-order chi connectivity index (χ0) is 12.6. The molecule has 1 aliphatic heterocycles. The van der Waals surface area contributed by atoms with Crippen molar-refractivity contribution in [2.45, 2.75) is 38.0 Å². The summed E-state index contributed by atoms with van der Waals surface area (Å²) < 4.78 is 60.7. The van der Waals surface area contributed by atoms with Crippen LogP contribution in [0.2, 0.25) is 0 Å². The van der Waals surface area contributed by atoms with Crippen molar-refractivity contribution in [3.63, 3.8) is 0 Å². The van der Waals surface area contributed by atoms with E-state index < -0.39 is 28.1 Å². The molecule has 0 saturated carbocycles. The van der Waals surface area contributed by atoms with E-state index >= 15 is 0 Å². The van der Waals surface area contributed by atoms with Gasteiger partial charge in [0.1, 0.15) is 17.3 Å². The Labute approximate surface area is 96.7 Å². The van der Waals surface area contributed by atoms with Crippen molar-refractivity contribution in [1.29, 1.82) is 0 Å². The fourth-order valence-corrected chi connectivity index (χ4v) is 2.69. The number of alkyl halides is 2. The molecule has 17 heavy (non-hydrogen) atoms. The number of hydrogen-bond donors (Lipinski definition) is 0. The van der Waals surface area contributed by atoms with Crippen LogP contribution in [0.1, 0.15) is 36.5 Å². The normalized spacial score (nSPS) is 16.2. The summed E-state index contributed by atoms with van der Waals surface area (Å²) in [4.78, 5) is 3.72. The first-order valence-corrected chi connectivity index (χ1v) is 6.72. The van der Waals surface area contributed by atoms with Crippen LogP contribution in [-0.4, -0.2) is 18.0 Å². The first kappa shape index (κ1) is 12.4. The van der Waals surface area contributed by atoms with E-state index in [0.29, 0.717) is 18.8 Å². The Morgan fingerprint density at radius 1 is 1.35 bits per heavy atom. The molecule has 0 amide bonds. The van der Waals surface area contributed by atoms with Crippen LogP contribution in [-0.2, 0) is 28.9 Å². The first-order valence-electron chi connectivity index (χ1n) is 5.17. The van der Waals surface area contributed by atoms with Crippen LogP contribution in [0.25, 0.3) is 0 Å². The number of fused-ring (bicyclic) bond motifs is 1. The highest BCUT2D eigenvalue weighted by molar-refractivity contribution is 7.85. The summed E-state index contributed by atoms with van der Waals surface area (Å²) in [5.41, 5.74) is -0.819. The molecule has 0 aliphatic carbocycles. The van der Waals surface area contributed by atoms with Crippen molar-refractivity contribution in [1.82, 2.24) is 9.55 Å². The average Bonchev–Trinajstić information content (AvgIpc) is 2.55. The van der Waals surface area contributed by atoms with Crippen molar-refractivity contribution in [2.75, 3.05) is 0 Å². The molecule has 0 spiro atoms. The lowest BCUT2D eigenvalue weighted by atomic mass is 10.2. The molecule has 0 N–H and O–H groups in total. The Hall–Kier alpha value is -1.05. The van der Waals surface area contributed by atoms with Crippen LogP contribution in [0.3, 0.4) is 0 Å². The monoisotopic (exact) mass is 268 g/mol. The molecule has 1 aromatic heterocycles. The summed E-state index contributed by atoms with van der Waals surface area (Å²) in [5, 5.41) is 0. The summed E-state index contributed by atoms with van der Waals surface area (Å²) in [6, 6.07) is 0. The van der Waals surface area contributed by atoms with Crippen LogP contribution in [0.15, 0.2) is 0 Å². The van der Waals surface area contributed by atoms with E-state index in [-0.39, 0.29) is 5.69 Å². The molecule has 2 rings (SSSR count). The van der Waals surface area contributed by atoms with Crippen molar-refractivity contribution in [3.05, 3.63) is 17.2 Å². The Bertz CT molecular complexity index is 525. The molecule has 4 nitrogen and oxygen atoms in total. The molecular weight excluding hydrogens is 257 g/mol. The van der Waals surface area contributed by atoms with Crippen LogP contribution < -0.4 is 0 Å². The molecule has 0 radical (unpaired) electrons. The molecule has 1 aliphatic rings. The summed E-state index contributed by atoms with van der Waals surface area (Å²) in [7, 11) is -4.83. The smallest absolute Gasteiger partial charge is 0.308 e. The Balaban J connectivity index is 2.49. The summed E-state index contributed by atoms with van der Waals surface area (Å²) in [6.07, 6.45) is -0.788. The van der Waals surface area contributed by atoms with E-state index in [2.05, 4.69) is 4.98 Å². The molecule has 2 heterocycles. The number of imidazole rings is 1. The SMILES string of the molecule is O=S(=O)(F)Cc1c(C(F)F)nc2n1CCCC2. The molecule has 0 atom stereocenters. The lowest BCUT2D eigenvalue weighted by molar-refractivity contribution is 0.145. The second-order valence-electron chi connectivity index (χ2n) is 3.95. The van der Waals surface area contributed by atoms with Gasteiger partial charge in [-0.2, -0.15) is 8.42 Å². The maximum absolute atomic E-state index is 12.7. The largest absolute Gasteiger partial charge is 0.331 e. The van der Waals surface area contributed by atoms with Gasteiger partial charge in [0.2, 0.25) is 0 Å². The van der Waals surface area contributed by atoms with Crippen molar-refractivity contribution >= 4 is 10.2 Å². The fourth-order valence-electron chi connectivity index (χ4n) is 2.06. The van der Waals surface area contributed by atoms with Gasteiger partial charge < -0.3 is 4.57 Å². The summed E-state index contributed by atoms with van der Waals surface area (Å²) in [5.74, 6) is -0.607. The van der Waals surface area contributed by atoms with E-state index in [1.165, 1.54) is 4.57 Å². The van der Waals surface area contributed by atoms with E-state index in [9.17, 15) is 21.1 Å². The minimum atomic E-state index is -4.83. The highest BCUT2D eigenvalue weighted by Gasteiger charge is 2.27. The van der Waals surface area contributed by atoms with Gasteiger partial charge in [-0.1, -0.05) is 0 Å². The zero-order valence-corrected chi connectivity index (χ0v) is 9.68. The Morgan fingerprint density at radius 2 is 2.06 bits per heavy atom. The second kappa shape index (κ2) is 4.32. The predicted molar refractivity (Wildman–Crippen MR) is 53.9 cm³/mol. The minimum Gasteiger partial charge on any atom is -0.331 e. The number of halogens is 3. The van der Waals surface area contributed by atoms with Crippen molar-refractivity contribution in [2.24, 2.45) is 0 Å². The molecule has 1 aromatic rings. The van der Waals surface area contributed by atoms with Gasteiger partial charge in [0.05, 0.1) is 5.69 Å². The van der Waals surface area contributed by atoms with Gasteiger partial charge in [0, 0.05) is 13.0 Å². The van der Waals surface area contributed by atoms with Gasteiger partial charge in [-0.3, -0.25) is 0 Å². The third-order valence-electron chi connectivity index (χ3n) is 2.73. The van der Waals surface area contributed by atoms with Crippen LogP contribution in [0, 0.1) is 0 Å². The van der Waals surface area contributed by atoms with Gasteiger partial charge in [-0.05, 0) is 12.8 Å². The molecular formula is C9H11F3N2O2S. The predicted octanol–water partition coefficient (Wildman–Crippen LogP) is 1.96. The number of aryl methyl sites for hydroxylation is 1. The van der Waals surface area contributed by atoms with E-state index in [4.69, 9.17) is 0 Å². The molecule has 0 saturated heterocycles. The van der Waals surface area contributed by atoms with Crippen LogP contribution >= 0.6 is 0 Å². The second-order valence-corrected chi connectivity index (χ2v) is 5.32. The van der Waals surface area contributed by atoms with E-state index in [1.54, 1.807) is 0 Å². The standard InChI is InChI=1S/C9H11F3N2O2S/c10-9(11)8-6(5-17(12,15)16)14-4-2-1-3-7(14)13-8/h9H,1-5H2. The molecule has 0 unspecified atom stereocenters. The third kappa shape index (κ3) is 2.62. The minimum absolute atomic E-state index is 0.211. The molecule has 96 valence electrons.